The van der Waals surface area contributed by atoms with Crippen molar-refractivity contribution in [2.24, 2.45) is 0 Å². The van der Waals surface area contributed by atoms with Crippen LogP contribution in [0.15, 0.2) is 46.9 Å². The van der Waals surface area contributed by atoms with Crippen LogP contribution in [0.1, 0.15) is 39.1 Å². The molecule has 0 aromatic heterocycles. The molecule has 3 rings (SSSR count). The first-order valence-electron chi connectivity index (χ1n) is 8.51. The van der Waals surface area contributed by atoms with Gasteiger partial charge in [0.2, 0.25) is 5.91 Å². The zero-order chi connectivity index (χ0) is 19.6. The van der Waals surface area contributed by atoms with Gasteiger partial charge in [-0.1, -0.05) is 28.1 Å². The first-order valence-corrected chi connectivity index (χ1v) is 9.31. The minimum atomic E-state index is -0.371. The molecule has 1 heterocycles. The van der Waals surface area contributed by atoms with Crippen molar-refractivity contribution >= 4 is 33.7 Å². The number of carbonyl (C=O) groups is 3. The maximum Gasteiger partial charge on any atom is 0.261 e. The van der Waals surface area contributed by atoms with E-state index >= 15 is 0 Å². The summed E-state index contributed by atoms with van der Waals surface area (Å²) in [6.07, 6.45) is 0.523. The van der Waals surface area contributed by atoms with Gasteiger partial charge in [0.05, 0.1) is 11.1 Å². The average Bonchev–Trinajstić information content (AvgIpc) is 2.89. The zero-order valence-electron chi connectivity index (χ0n) is 14.7. The van der Waals surface area contributed by atoms with Crippen LogP contribution in [-0.4, -0.2) is 41.1 Å². The smallest absolute Gasteiger partial charge is 0.261 e. The fraction of sp³-hybridized carbons (Fsp3) is 0.250. The molecule has 0 atom stereocenters. The van der Waals surface area contributed by atoms with Gasteiger partial charge in [-0.25, -0.2) is 4.39 Å². The van der Waals surface area contributed by atoms with Gasteiger partial charge in [-0.3, -0.25) is 19.3 Å². The van der Waals surface area contributed by atoms with E-state index in [1.807, 2.05) is 0 Å². The highest BCUT2D eigenvalue weighted by Crippen LogP contribution is 2.23. The lowest BCUT2D eigenvalue weighted by Crippen LogP contribution is -2.32. The number of imide groups is 1. The second kappa shape index (κ2) is 8.00. The maximum absolute atomic E-state index is 13.8. The third kappa shape index (κ3) is 4.08. The molecule has 2 aromatic rings. The van der Waals surface area contributed by atoms with E-state index in [2.05, 4.69) is 15.9 Å². The number of benzene rings is 2. The van der Waals surface area contributed by atoms with Crippen molar-refractivity contribution in [3.05, 3.63) is 69.4 Å². The highest BCUT2D eigenvalue weighted by Gasteiger charge is 2.34. The van der Waals surface area contributed by atoms with E-state index in [9.17, 15) is 18.8 Å². The third-order valence-electron chi connectivity index (χ3n) is 4.49. The normalized spacial score (nSPS) is 13.1. The number of fused-ring (bicyclic) bond motifs is 1. The summed E-state index contributed by atoms with van der Waals surface area (Å²) in [4.78, 5) is 39.5. The molecule has 3 amide bonds. The Kier molecular flexibility index (Phi) is 5.70. The zero-order valence-corrected chi connectivity index (χ0v) is 16.3. The Hall–Kier alpha value is -2.54. The first-order chi connectivity index (χ1) is 12.9. The van der Waals surface area contributed by atoms with Crippen molar-refractivity contribution in [1.29, 1.82) is 0 Å². The van der Waals surface area contributed by atoms with E-state index in [1.165, 1.54) is 15.9 Å². The van der Waals surface area contributed by atoms with Crippen molar-refractivity contribution in [3.63, 3.8) is 0 Å². The molecular weight excluding hydrogens is 415 g/mol. The SMILES string of the molecule is CN(Cc1cc(Br)ccc1F)C(=O)CCCN1C(=O)c2ccccc2C1=O. The number of carbonyl (C=O) groups excluding carboxylic acids is 3. The van der Waals surface area contributed by atoms with Crippen LogP contribution >= 0.6 is 15.9 Å². The monoisotopic (exact) mass is 432 g/mol. The minimum Gasteiger partial charge on any atom is -0.341 e. The topological polar surface area (TPSA) is 57.7 Å². The number of halogens is 2. The van der Waals surface area contributed by atoms with E-state index < -0.39 is 0 Å². The Balaban J connectivity index is 1.53. The predicted molar refractivity (Wildman–Crippen MR) is 102 cm³/mol. The molecule has 1 aliphatic heterocycles. The van der Waals surface area contributed by atoms with E-state index in [4.69, 9.17) is 0 Å². The van der Waals surface area contributed by atoms with Gasteiger partial charge < -0.3 is 4.90 Å². The molecule has 7 heteroatoms. The van der Waals surface area contributed by atoms with Crippen LogP contribution in [0.5, 0.6) is 0 Å². The molecule has 0 saturated heterocycles. The highest BCUT2D eigenvalue weighted by molar-refractivity contribution is 9.10. The largest absolute Gasteiger partial charge is 0.341 e. The second-order valence-electron chi connectivity index (χ2n) is 6.40. The van der Waals surface area contributed by atoms with Gasteiger partial charge in [-0.2, -0.15) is 0 Å². The van der Waals surface area contributed by atoms with Gasteiger partial charge >= 0.3 is 0 Å². The van der Waals surface area contributed by atoms with E-state index in [0.29, 0.717) is 23.1 Å². The number of nitrogens with zero attached hydrogens (tertiary/aromatic N) is 2. The van der Waals surface area contributed by atoms with Crippen LogP contribution in [-0.2, 0) is 11.3 Å². The van der Waals surface area contributed by atoms with Crippen molar-refractivity contribution in [3.8, 4) is 0 Å². The highest BCUT2D eigenvalue weighted by atomic mass is 79.9. The summed E-state index contributed by atoms with van der Waals surface area (Å²) >= 11 is 3.29. The Morgan fingerprint density at radius 1 is 1.11 bits per heavy atom. The Morgan fingerprint density at radius 3 is 2.37 bits per heavy atom. The Labute approximate surface area is 164 Å². The van der Waals surface area contributed by atoms with E-state index in [-0.39, 0.29) is 43.0 Å². The minimum absolute atomic E-state index is 0.150. The summed E-state index contributed by atoms with van der Waals surface area (Å²) < 4.78 is 14.6. The fourth-order valence-corrected chi connectivity index (χ4v) is 3.44. The average molecular weight is 433 g/mol. The van der Waals surface area contributed by atoms with Crippen LogP contribution in [0.4, 0.5) is 4.39 Å². The van der Waals surface area contributed by atoms with Crippen LogP contribution in [0.3, 0.4) is 0 Å². The Bertz CT molecular complexity index is 881. The lowest BCUT2D eigenvalue weighted by Gasteiger charge is -2.19. The van der Waals surface area contributed by atoms with Gasteiger partial charge in [0.25, 0.3) is 11.8 Å². The molecule has 0 unspecified atom stereocenters. The molecule has 0 aliphatic carbocycles. The maximum atomic E-state index is 13.8. The fourth-order valence-electron chi connectivity index (χ4n) is 3.03. The van der Waals surface area contributed by atoms with Crippen LogP contribution in [0.2, 0.25) is 0 Å². The van der Waals surface area contributed by atoms with Gasteiger partial charge in [-0.15, -0.1) is 0 Å². The Morgan fingerprint density at radius 2 is 1.74 bits per heavy atom. The molecule has 2 aromatic carbocycles. The van der Waals surface area contributed by atoms with E-state index in [1.54, 1.807) is 43.4 Å². The molecule has 1 aliphatic rings. The molecular formula is C20H18BrFN2O3. The molecule has 0 saturated carbocycles. The molecule has 0 N–H and O–H groups in total. The summed E-state index contributed by atoms with van der Waals surface area (Å²) in [6.45, 7) is 0.328. The van der Waals surface area contributed by atoms with Crippen molar-refractivity contribution in [2.75, 3.05) is 13.6 Å². The van der Waals surface area contributed by atoms with Crippen molar-refractivity contribution < 1.29 is 18.8 Å². The van der Waals surface area contributed by atoms with Crippen LogP contribution < -0.4 is 0 Å². The third-order valence-corrected chi connectivity index (χ3v) is 4.98. The summed E-state index contributed by atoms with van der Waals surface area (Å²) in [6, 6.07) is 11.3. The van der Waals surface area contributed by atoms with E-state index in [0.717, 1.165) is 4.47 Å². The van der Waals surface area contributed by atoms with Gasteiger partial charge in [-0.05, 0) is 36.8 Å². The molecule has 27 heavy (non-hydrogen) atoms. The molecule has 0 bridgehead atoms. The molecule has 5 nitrogen and oxygen atoms in total. The molecule has 0 fully saturated rings. The van der Waals surface area contributed by atoms with Crippen LogP contribution in [0.25, 0.3) is 0 Å². The summed E-state index contributed by atoms with van der Waals surface area (Å²) in [5.41, 5.74) is 1.22. The van der Waals surface area contributed by atoms with Crippen LogP contribution in [0, 0.1) is 5.82 Å². The standard InChI is InChI=1S/C20H18BrFN2O3/c1-23(12-13-11-14(21)8-9-17(13)22)18(25)7-4-10-24-19(26)15-5-2-3-6-16(15)20(24)27/h2-3,5-6,8-9,11H,4,7,10,12H2,1H3. The second-order valence-corrected chi connectivity index (χ2v) is 7.31. The summed E-state index contributed by atoms with van der Waals surface area (Å²) in [5, 5.41) is 0. The van der Waals surface area contributed by atoms with Gasteiger partial charge in [0.1, 0.15) is 5.82 Å². The molecule has 0 radical (unpaired) electrons. The van der Waals surface area contributed by atoms with Gasteiger partial charge in [0.15, 0.2) is 0 Å². The lowest BCUT2D eigenvalue weighted by atomic mass is 10.1. The first kappa shape index (κ1) is 19.2. The van der Waals surface area contributed by atoms with Crippen molar-refractivity contribution in [1.82, 2.24) is 9.80 Å². The quantitative estimate of drug-likeness (QED) is 0.654. The predicted octanol–water partition coefficient (Wildman–Crippen LogP) is 3.62. The number of hydrogen-bond acceptors (Lipinski definition) is 3. The summed E-state index contributed by atoms with van der Waals surface area (Å²) in [5.74, 6) is -1.20. The molecule has 140 valence electrons. The lowest BCUT2D eigenvalue weighted by molar-refractivity contribution is -0.130. The number of hydrogen-bond donors (Lipinski definition) is 0. The number of rotatable bonds is 6. The number of amides is 3. The molecule has 0 spiro atoms. The van der Waals surface area contributed by atoms with Gasteiger partial charge in [0, 0.05) is 36.6 Å². The summed E-state index contributed by atoms with van der Waals surface area (Å²) in [7, 11) is 1.60. The van der Waals surface area contributed by atoms with Crippen molar-refractivity contribution in [2.45, 2.75) is 19.4 Å².